The summed E-state index contributed by atoms with van der Waals surface area (Å²) in [6, 6.07) is 8.72. The number of aryl methyl sites for hydroxylation is 1. The van der Waals surface area contributed by atoms with Crippen LogP contribution in [0.2, 0.25) is 0 Å². The van der Waals surface area contributed by atoms with Crippen molar-refractivity contribution in [2.24, 2.45) is 14.1 Å². The summed E-state index contributed by atoms with van der Waals surface area (Å²) in [4.78, 5) is 36.6. The third-order valence-corrected chi connectivity index (χ3v) is 4.96. The lowest BCUT2D eigenvalue weighted by molar-refractivity contribution is 0.0929. The fourth-order valence-electron chi connectivity index (χ4n) is 3.19. The van der Waals surface area contributed by atoms with E-state index in [9.17, 15) is 14.4 Å². The van der Waals surface area contributed by atoms with Crippen LogP contribution in [0.25, 0.3) is 5.69 Å². The molecule has 0 aliphatic heterocycles. The van der Waals surface area contributed by atoms with Gasteiger partial charge in [-0.3, -0.25) is 18.7 Å². The standard InChI is InChI=1S/C20H23N5O3/c1-12-8-6-7-9-16(12)25-14(3)15(11-21-25)13(2)22-19(27)17-10-18(26)24(5)20(28)23(17)4/h6-11,13H,1-5H3,(H,22,27)/t13-/m0/s1. The molecule has 0 saturated carbocycles. The molecule has 28 heavy (non-hydrogen) atoms. The summed E-state index contributed by atoms with van der Waals surface area (Å²) in [5.41, 5.74) is 2.76. The first-order valence-corrected chi connectivity index (χ1v) is 8.90. The van der Waals surface area contributed by atoms with Gasteiger partial charge in [-0.1, -0.05) is 18.2 Å². The van der Waals surface area contributed by atoms with E-state index in [0.29, 0.717) is 0 Å². The Labute approximate surface area is 162 Å². The van der Waals surface area contributed by atoms with E-state index in [1.54, 1.807) is 6.20 Å². The Bertz CT molecular complexity index is 1170. The summed E-state index contributed by atoms with van der Waals surface area (Å²) in [6.45, 7) is 5.78. The average Bonchev–Trinajstić information content (AvgIpc) is 3.04. The van der Waals surface area contributed by atoms with Gasteiger partial charge in [0.15, 0.2) is 0 Å². The smallest absolute Gasteiger partial charge is 0.331 e. The topological polar surface area (TPSA) is 90.9 Å². The highest BCUT2D eigenvalue weighted by Crippen LogP contribution is 2.22. The molecule has 8 heteroatoms. The first-order valence-electron chi connectivity index (χ1n) is 8.90. The minimum absolute atomic E-state index is 0.0175. The van der Waals surface area contributed by atoms with Crippen LogP contribution in [0.4, 0.5) is 0 Å². The van der Waals surface area contributed by atoms with E-state index < -0.39 is 17.2 Å². The van der Waals surface area contributed by atoms with Gasteiger partial charge in [0, 0.05) is 31.4 Å². The number of carbonyl (C=O) groups excluding carboxylic acids is 1. The molecule has 3 aromatic rings. The van der Waals surface area contributed by atoms with Crippen molar-refractivity contribution < 1.29 is 4.79 Å². The maximum absolute atomic E-state index is 12.7. The molecule has 0 aliphatic rings. The second-order valence-electron chi connectivity index (χ2n) is 6.85. The second-order valence-corrected chi connectivity index (χ2v) is 6.85. The van der Waals surface area contributed by atoms with E-state index in [2.05, 4.69) is 10.4 Å². The number of amides is 1. The first kappa shape index (κ1) is 19.3. The quantitative estimate of drug-likeness (QED) is 0.739. The zero-order valence-corrected chi connectivity index (χ0v) is 16.6. The molecular formula is C20H23N5O3. The molecule has 0 saturated heterocycles. The van der Waals surface area contributed by atoms with E-state index in [1.165, 1.54) is 14.1 Å². The van der Waals surface area contributed by atoms with Gasteiger partial charge in [0.25, 0.3) is 11.5 Å². The molecule has 146 valence electrons. The molecule has 0 bridgehead atoms. The maximum atomic E-state index is 12.7. The predicted molar refractivity (Wildman–Crippen MR) is 106 cm³/mol. The summed E-state index contributed by atoms with van der Waals surface area (Å²) in [5.74, 6) is -0.493. The Hall–Kier alpha value is -3.42. The Morgan fingerprint density at radius 3 is 2.46 bits per heavy atom. The summed E-state index contributed by atoms with van der Waals surface area (Å²) >= 11 is 0. The van der Waals surface area contributed by atoms with Crippen molar-refractivity contribution in [2.75, 3.05) is 0 Å². The summed E-state index contributed by atoms with van der Waals surface area (Å²) in [5, 5.41) is 7.31. The molecule has 0 spiro atoms. The fourth-order valence-corrected chi connectivity index (χ4v) is 3.19. The van der Waals surface area contributed by atoms with Gasteiger partial charge in [-0.25, -0.2) is 9.48 Å². The van der Waals surface area contributed by atoms with E-state index in [-0.39, 0.29) is 11.7 Å². The monoisotopic (exact) mass is 381 g/mol. The molecule has 1 amide bonds. The molecule has 3 rings (SSSR count). The van der Waals surface area contributed by atoms with Crippen molar-refractivity contribution in [3.8, 4) is 5.69 Å². The summed E-state index contributed by atoms with van der Waals surface area (Å²) in [6.07, 6.45) is 1.72. The maximum Gasteiger partial charge on any atom is 0.331 e. The summed E-state index contributed by atoms with van der Waals surface area (Å²) in [7, 11) is 2.83. The van der Waals surface area contributed by atoms with Crippen molar-refractivity contribution in [1.82, 2.24) is 24.2 Å². The number of carbonyl (C=O) groups is 1. The van der Waals surface area contributed by atoms with E-state index >= 15 is 0 Å². The lowest BCUT2D eigenvalue weighted by Crippen LogP contribution is -2.41. The number of para-hydroxylation sites is 1. The lowest BCUT2D eigenvalue weighted by atomic mass is 10.1. The Morgan fingerprint density at radius 2 is 1.79 bits per heavy atom. The zero-order valence-electron chi connectivity index (χ0n) is 16.6. The van der Waals surface area contributed by atoms with Crippen LogP contribution in [-0.2, 0) is 14.1 Å². The van der Waals surface area contributed by atoms with Gasteiger partial charge in [0.05, 0.1) is 17.9 Å². The number of hydrogen-bond acceptors (Lipinski definition) is 4. The number of nitrogens with zero attached hydrogens (tertiary/aromatic N) is 4. The molecule has 2 heterocycles. The van der Waals surface area contributed by atoms with Crippen LogP contribution in [0.15, 0.2) is 46.1 Å². The van der Waals surface area contributed by atoms with E-state index in [0.717, 1.165) is 37.7 Å². The normalized spacial score (nSPS) is 12.0. The van der Waals surface area contributed by atoms with Gasteiger partial charge >= 0.3 is 5.69 Å². The van der Waals surface area contributed by atoms with Crippen molar-refractivity contribution >= 4 is 5.91 Å². The van der Waals surface area contributed by atoms with Crippen LogP contribution in [0.5, 0.6) is 0 Å². The number of rotatable bonds is 4. The second kappa shape index (κ2) is 7.30. The Kier molecular flexibility index (Phi) is 5.04. The molecule has 0 fully saturated rings. The minimum Gasteiger partial charge on any atom is -0.344 e. The molecule has 0 radical (unpaired) electrons. The zero-order chi connectivity index (χ0) is 20.6. The number of benzene rings is 1. The van der Waals surface area contributed by atoms with Crippen molar-refractivity contribution in [3.05, 3.63) is 79.9 Å². The number of hydrogen-bond donors (Lipinski definition) is 1. The molecule has 0 aliphatic carbocycles. The van der Waals surface area contributed by atoms with E-state index in [1.807, 2.05) is 49.7 Å². The van der Waals surface area contributed by atoms with E-state index in [4.69, 9.17) is 0 Å². The van der Waals surface area contributed by atoms with Gasteiger partial charge < -0.3 is 5.32 Å². The molecular weight excluding hydrogens is 358 g/mol. The van der Waals surface area contributed by atoms with Gasteiger partial charge in [0.2, 0.25) is 0 Å². The summed E-state index contributed by atoms with van der Waals surface area (Å²) < 4.78 is 3.95. The van der Waals surface area contributed by atoms with Gasteiger partial charge in [-0.2, -0.15) is 5.10 Å². The number of aromatic nitrogens is 4. The highest BCUT2D eigenvalue weighted by Gasteiger charge is 2.20. The van der Waals surface area contributed by atoms with Crippen LogP contribution in [0.3, 0.4) is 0 Å². The van der Waals surface area contributed by atoms with Gasteiger partial charge in [0.1, 0.15) is 5.69 Å². The van der Waals surface area contributed by atoms with Gasteiger partial charge in [-0.15, -0.1) is 0 Å². The third kappa shape index (κ3) is 3.28. The number of nitrogens with one attached hydrogen (secondary N) is 1. The SMILES string of the molecule is Cc1ccccc1-n1ncc([C@H](C)NC(=O)c2cc(=O)n(C)c(=O)n2C)c1C. The minimum atomic E-state index is -0.547. The first-order chi connectivity index (χ1) is 13.2. The van der Waals surface area contributed by atoms with Crippen LogP contribution in [0, 0.1) is 13.8 Å². The fraction of sp³-hybridized carbons (Fsp3) is 0.300. The molecule has 1 N–H and O–H groups in total. The van der Waals surface area contributed by atoms with Crippen LogP contribution in [0.1, 0.15) is 40.3 Å². The van der Waals surface area contributed by atoms with Crippen LogP contribution in [-0.4, -0.2) is 24.8 Å². The van der Waals surface area contributed by atoms with Crippen molar-refractivity contribution in [1.29, 1.82) is 0 Å². The molecule has 1 aromatic carbocycles. The molecule has 0 unspecified atom stereocenters. The molecule has 2 aromatic heterocycles. The van der Waals surface area contributed by atoms with Crippen LogP contribution < -0.4 is 16.6 Å². The predicted octanol–water partition coefficient (Wildman–Crippen LogP) is 1.38. The Morgan fingerprint density at radius 1 is 1.11 bits per heavy atom. The van der Waals surface area contributed by atoms with Gasteiger partial charge in [-0.05, 0) is 32.4 Å². The highest BCUT2D eigenvalue weighted by atomic mass is 16.2. The Balaban J connectivity index is 1.90. The van der Waals surface area contributed by atoms with Crippen molar-refractivity contribution in [3.63, 3.8) is 0 Å². The van der Waals surface area contributed by atoms with Crippen molar-refractivity contribution in [2.45, 2.75) is 26.8 Å². The molecule has 1 atom stereocenters. The third-order valence-electron chi connectivity index (χ3n) is 4.96. The van der Waals surface area contributed by atoms with Crippen LogP contribution >= 0.6 is 0 Å². The largest absolute Gasteiger partial charge is 0.344 e. The average molecular weight is 381 g/mol. The highest BCUT2D eigenvalue weighted by molar-refractivity contribution is 5.92. The molecule has 8 nitrogen and oxygen atoms in total. The lowest BCUT2D eigenvalue weighted by Gasteiger charge is -2.16.